The van der Waals surface area contributed by atoms with Gasteiger partial charge in [-0.15, -0.1) is 0 Å². The van der Waals surface area contributed by atoms with Crippen molar-refractivity contribution in [1.29, 1.82) is 0 Å². The second-order valence-electron chi connectivity index (χ2n) is 11.4. The summed E-state index contributed by atoms with van der Waals surface area (Å²) >= 11 is 0. The van der Waals surface area contributed by atoms with Gasteiger partial charge in [-0.2, -0.15) is 0 Å². The monoisotopic (exact) mass is 410 g/mol. The van der Waals surface area contributed by atoms with Crippen molar-refractivity contribution in [2.75, 3.05) is 0 Å². The van der Waals surface area contributed by atoms with Crippen molar-refractivity contribution in [3.63, 3.8) is 0 Å². The van der Waals surface area contributed by atoms with Crippen LogP contribution < -0.4 is 0 Å². The van der Waals surface area contributed by atoms with E-state index in [1.807, 2.05) is 0 Å². The highest BCUT2D eigenvalue weighted by atomic mass is 19.1. The largest absolute Gasteiger partial charge is 0.481 e. The number of aliphatic carboxylic acids is 1. The predicted molar refractivity (Wildman–Crippen MR) is 109 cm³/mol. The van der Waals surface area contributed by atoms with Crippen molar-refractivity contribution in [2.45, 2.75) is 96.9 Å². The van der Waals surface area contributed by atoms with Crippen LogP contribution in [-0.2, 0) is 4.79 Å². The Hall–Kier alpha value is -0.680. The van der Waals surface area contributed by atoms with E-state index in [0.717, 1.165) is 38.5 Å². The van der Waals surface area contributed by atoms with Crippen LogP contribution in [-0.4, -0.2) is 39.7 Å². The zero-order valence-electron chi connectivity index (χ0n) is 18.2. The number of aliphatic hydroxyl groups excluding tert-OH is 2. The van der Waals surface area contributed by atoms with E-state index in [-0.39, 0.29) is 40.9 Å². The summed E-state index contributed by atoms with van der Waals surface area (Å²) in [6.07, 6.45) is 4.59. The van der Waals surface area contributed by atoms with Crippen LogP contribution in [0.15, 0.2) is 0 Å². The lowest BCUT2D eigenvalue weighted by Gasteiger charge is -2.63. The Labute approximate surface area is 174 Å². The maximum absolute atomic E-state index is 15.8. The van der Waals surface area contributed by atoms with Gasteiger partial charge >= 0.3 is 5.97 Å². The van der Waals surface area contributed by atoms with Gasteiger partial charge in [0, 0.05) is 6.42 Å². The van der Waals surface area contributed by atoms with Crippen molar-refractivity contribution < 1.29 is 24.5 Å². The molecule has 4 aliphatic carbocycles. The van der Waals surface area contributed by atoms with Crippen LogP contribution in [0.1, 0.15) is 78.6 Å². The van der Waals surface area contributed by atoms with Crippen LogP contribution in [0, 0.1) is 46.3 Å². The van der Waals surface area contributed by atoms with E-state index in [9.17, 15) is 15.0 Å². The maximum Gasteiger partial charge on any atom is 0.303 e. The van der Waals surface area contributed by atoms with Gasteiger partial charge in [-0.1, -0.05) is 20.8 Å². The number of aliphatic hydroxyl groups is 2. The van der Waals surface area contributed by atoms with E-state index in [4.69, 9.17) is 5.11 Å². The number of carbonyl (C=O) groups is 1. The van der Waals surface area contributed by atoms with Crippen LogP contribution >= 0.6 is 0 Å². The van der Waals surface area contributed by atoms with E-state index < -0.39 is 24.3 Å². The standard InChI is InChI=1S/C24H39FO4/c1-13(4-7-19(27)28)15-5-6-16-20-17(9-11-23(15,16)2)24(3)10-8-14(26)12-18(24)22(29)21(20)25/h13-18,20-22,26,29H,4-12H2,1-3H3,(H,27,28)/t13-,14-,15-,16+,17+,18+,20+,21+,22+,23-,24-/m1/s1. The van der Waals surface area contributed by atoms with Crippen molar-refractivity contribution in [3.8, 4) is 0 Å². The zero-order chi connectivity index (χ0) is 21.1. The normalized spacial score (nSPS) is 52.9. The maximum atomic E-state index is 15.8. The molecule has 3 N–H and O–H groups in total. The first-order valence-electron chi connectivity index (χ1n) is 11.8. The molecule has 0 radical (unpaired) electrons. The molecule has 11 atom stereocenters. The minimum absolute atomic E-state index is 0.0422. The zero-order valence-corrected chi connectivity index (χ0v) is 18.2. The summed E-state index contributed by atoms with van der Waals surface area (Å²) in [6, 6.07) is 0. The summed E-state index contributed by atoms with van der Waals surface area (Å²) < 4.78 is 15.8. The summed E-state index contributed by atoms with van der Waals surface area (Å²) in [4.78, 5) is 11.0. The molecule has 4 fully saturated rings. The highest BCUT2D eigenvalue weighted by molar-refractivity contribution is 5.66. The molecule has 0 aromatic rings. The van der Waals surface area contributed by atoms with Gasteiger partial charge in [0.2, 0.25) is 0 Å². The first-order chi connectivity index (χ1) is 13.6. The lowest BCUT2D eigenvalue weighted by Crippen LogP contribution is -2.63. The van der Waals surface area contributed by atoms with Crippen molar-refractivity contribution >= 4 is 5.97 Å². The van der Waals surface area contributed by atoms with Gasteiger partial charge in [0.05, 0.1) is 12.2 Å². The molecule has 0 heterocycles. The van der Waals surface area contributed by atoms with Crippen LogP contribution in [0.2, 0.25) is 0 Å². The predicted octanol–water partition coefficient (Wildman–Crippen LogP) is 4.43. The second kappa shape index (κ2) is 7.47. The molecular weight excluding hydrogens is 371 g/mol. The Balaban J connectivity index is 1.59. The molecule has 0 aromatic carbocycles. The number of alkyl halides is 1. The number of rotatable bonds is 4. The Morgan fingerprint density at radius 1 is 1.03 bits per heavy atom. The van der Waals surface area contributed by atoms with E-state index >= 15 is 4.39 Å². The third-order valence-corrected chi connectivity index (χ3v) is 10.2. The SMILES string of the molecule is C[C@H](CCC(=O)O)[C@H]1CC[C@H]2[C@@H]3[C@H](F)[C@@H](O)[C@@H]4C[C@H](O)CC[C@]4(C)[C@H]3CC[C@]12C. The molecule has 4 rings (SSSR count). The average molecular weight is 411 g/mol. The molecule has 5 heteroatoms. The topological polar surface area (TPSA) is 77.8 Å². The molecule has 4 saturated carbocycles. The van der Waals surface area contributed by atoms with Crippen LogP contribution in [0.25, 0.3) is 0 Å². The molecule has 0 aromatic heterocycles. The number of hydrogen-bond donors (Lipinski definition) is 3. The van der Waals surface area contributed by atoms with Gasteiger partial charge in [0.15, 0.2) is 0 Å². The molecule has 4 aliphatic rings. The lowest BCUT2D eigenvalue weighted by molar-refractivity contribution is -0.205. The molecule has 166 valence electrons. The van der Waals surface area contributed by atoms with Crippen molar-refractivity contribution in [3.05, 3.63) is 0 Å². The van der Waals surface area contributed by atoms with Gasteiger partial charge in [-0.25, -0.2) is 4.39 Å². The highest BCUT2D eigenvalue weighted by Crippen LogP contribution is 2.68. The van der Waals surface area contributed by atoms with Crippen LogP contribution in [0.5, 0.6) is 0 Å². The van der Waals surface area contributed by atoms with E-state index in [2.05, 4.69) is 20.8 Å². The molecular formula is C24H39FO4. The summed E-state index contributed by atoms with van der Waals surface area (Å²) in [5.41, 5.74) is -0.0409. The summed E-state index contributed by atoms with van der Waals surface area (Å²) in [6.45, 7) is 6.75. The van der Waals surface area contributed by atoms with Crippen molar-refractivity contribution in [2.24, 2.45) is 46.3 Å². The molecule has 0 bridgehead atoms. The quantitative estimate of drug-likeness (QED) is 0.641. The fourth-order valence-corrected chi connectivity index (χ4v) is 8.72. The Bertz CT molecular complexity index is 640. The molecule has 0 saturated heterocycles. The minimum Gasteiger partial charge on any atom is -0.481 e. The van der Waals surface area contributed by atoms with Crippen LogP contribution in [0.3, 0.4) is 0 Å². The first-order valence-corrected chi connectivity index (χ1v) is 11.8. The minimum atomic E-state index is -1.21. The smallest absolute Gasteiger partial charge is 0.303 e. The highest BCUT2D eigenvalue weighted by Gasteiger charge is 2.65. The fraction of sp³-hybridized carbons (Fsp3) is 0.958. The average Bonchev–Trinajstić information content (AvgIpc) is 3.02. The summed E-state index contributed by atoms with van der Waals surface area (Å²) in [5.74, 6) is 0.346. The van der Waals surface area contributed by atoms with E-state index in [1.54, 1.807) is 0 Å². The molecule has 29 heavy (non-hydrogen) atoms. The summed E-state index contributed by atoms with van der Waals surface area (Å²) in [5, 5.41) is 30.2. The summed E-state index contributed by atoms with van der Waals surface area (Å²) in [7, 11) is 0. The van der Waals surface area contributed by atoms with Crippen molar-refractivity contribution in [1.82, 2.24) is 0 Å². The Kier molecular flexibility index (Phi) is 5.55. The molecule has 0 aliphatic heterocycles. The number of carboxylic acids is 1. The first kappa shape index (κ1) is 21.5. The van der Waals surface area contributed by atoms with Crippen LogP contribution in [0.4, 0.5) is 4.39 Å². The van der Waals surface area contributed by atoms with Gasteiger partial charge in [-0.3, -0.25) is 4.79 Å². The van der Waals surface area contributed by atoms with E-state index in [0.29, 0.717) is 24.7 Å². The van der Waals surface area contributed by atoms with Gasteiger partial charge in [0.1, 0.15) is 6.17 Å². The number of halogens is 1. The Morgan fingerprint density at radius 3 is 2.38 bits per heavy atom. The van der Waals surface area contributed by atoms with Gasteiger partial charge in [-0.05, 0) is 97.7 Å². The third-order valence-electron chi connectivity index (χ3n) is 10.2. The lowest BCUT2D eigenvalue weighted by atomic mass is 9.43. The fourth-order valence-electron chi connectivity index (χ4n) is 8.72. The molecule has 0 unspecified atom stereocenters. The number of fused-ring (bicyclic) bond motifs is 5. The molecule has 4 nitrogen and oxygen atoms in total. The second-order valence-corrected chi connectivity index (χ2v) is 11.4. The third kappa shape index (κ3) is 3.26. The number of carboxylic acid groups (broad SMARTS) is 1. The van der Waals surface area contributed by atoms with Gasteiger partial charge < -0.3 is 15.3 Å². The van der Waals surface area contributed by atoms with Gasteiger partial charge in [0.25, 0.3) is 0 Å². The molecule has 0 amide bonds. The molecule has 0 spiro atoms. The van der Waals surface area contributed by atoms with E-state index in [1.165, 1.54) is 0 Å². The Morgan fingerprint density at radius 2 is 1.69 bits per heavy atom. The number of hydrogen-bond acceptors (Lipinski definition) is 3.